The maximum absolute atomic E-state index is 13.3. The number of amides is 1. The Balaban J connectivity index is 2.08. The molecule has 0 saturated heterocycles. The van der Waals surface area contributed by atoms with Gasteiger partial charge in [-0.1, -0.05) is 6.07 Å². The number of nitrogens with one attached hydrogen (secondary N) is 1. The maximum atomic E-state index is 13.3. The van der Waals surface area contributed by atoms with E-state index >= 15 is 0 Å². The van der Waals surface area contributed by atoms with E-state index in [4.69, 9.17) is 10.6 Å². The number of ether oxygens (including phenoxy) is 1. The second-order valence-electron chi connectivity index (χ2n) is 3.95. The minimum atomic E-state index is -0.358. The van der Waals surface area contributed by atoms with Crippen molar-refractivity contribution < 1.29 is 13.9 Å². The summed E-state index contributed by atoms with van der Waals surface area (Å²) in [6.07, 6.45) is 0. The molecule has 6 heteroatoms. The Kier molecular flexibility index (Phi) is 4.13. The van der Waals surface area contributed by atoms with Gasteiger partial charge in [-0.3, -0.25) is 10.2 Å². The van der Waals surface area contributed by atoms with Crippen molar-refractivity contribution in [1.29, 1.82) is 0 Å². The van der Waals surface area contributed by atoms with Gasteiger partial charge in [-0.05, 0) is 30.0 Å². The van der Waals surface area contributed by atoms with Gasteiger partial charge in [-0.15, -0.1) is 11.3 Å². The third-order valence-corrected chi connectivity index (χ3v) is 3.58. The monoisotopic (exact) mass is 280 g/mol. The van der Waals surface area contributed by atoms with Crippen molar-refractivity contribution in [3.05, 3.63) is 51.5 Å². The summed E-state index contributed by atoms with van der Waals surface area (Å²) in [5.74, 6) is 4.84. The molecule has 3 N–H and O–H groups in total. The molecule has 1 aromatic heterocycles. The zero-order valence-corrected chi connectivity index (χ0v) is 11.1. The number of hydrogen-bond acceptors (Lipinski definition) is 4. The van der Waals surface area contributed by atoms with Gasteiger partial charge >= 0.3 is 0 Å². The predicted molar refractivity (Wildman–Crippen MR) is 71.4 cm³/mol. The van der Waals surface area contributed by atoms with Gasteiger partial charge < -0.3 is 4.74 Å². The summed E-state index contributed by atoms with van der Waals surface area (Å²) in [4.78, 5) is 12.0. The fraction of sp³-hybridized carbons (Fsp3) is 0.154. The number of nitrogens with two attached hydrogens (primary N) is 1. The average Bonchev–Trinajstić information content (AvgIpc) is 2.87. The minimum Gasteiger partial charge on any atom is -0.489 e. The summed E-state index contributed by atoms with van der Waals surface area (Å²) < 4.78 is 18.8. The van der Waals surface area contributed by atoms with E-state index in [1.54, 1.807) is 30.5 Å². The van der Waals surface area contributed by atoms with Gasteiger partial charge in [0.1, 0.15) is 18.2 Å². The van der Waals surface area contributed by atoms with Crippen LogP contribution in [0, 0.1) is 12.7 Å². The van der Waals surface area contributed by atoms with Gasteiger partial charge in [0.2, 0.25) is 0 Å². The average molecular weight is 280 g/mol. The van der Waals surface area contributed by atoms with Crippen molar-refractivity contribution in [2.24, 2.45) is 5.84 Å². The van der Waals surface area contributed by atoms with Gasteiger partial charge in [0.25, 0.3) is 5.91 Å². The predicted octanol–water partition coefficient (Wildman–Crippen LogP) is 2.38. The molecule has 1 aromatic carbocycles. The second-order valence-corrected chi connectivity index (χ2v) is 4.86. The number of rotatable bonds is 4. The Hall–Kier alpha value is -1.92. The normalized spacial score (nSPS) is 10.3. The SMILES string of the molecule is Cc1ccc(OCc2ccsc2C(=O)NN)cc1F. The molecule has 0 radical (unpaired) electrons. The Morgan fingerprint density at radius 3 is 2.95 bits per heavy atom. The lowest BCUT2D eigenvalue weighted by Crippen LogP contribution is -2.30. The van der Waals surface area contributed by atoms with Gasteiger partial charge in [-0.2, -0.15) is 0 Å². The second kappa shape index (κ2) is 5.81. The summed E-state index contributed by atoms with van der Waals surface area (Å²) in [6.45, 7) is 1.87. The number of hydrogen-bond donors (Lipinski definition) is 2. The number of benzene rings is 1. The third-order valence-electron chi connectivity index (χ3n) is 2.62. The van der Waals surface area contributed by atoms with Crippen molar-refractivity contribution >= 4 is 17.2 Å². The molecule has 0 atom stereocenters. The van der Waals surface area contributed by atoms with Crippen LogP contribution in [0.3, 0.4) is 0 Å². The van der Waals surface area contributed by atoms with Crippen LogP contribution in [-0.4, -0.2) is 5.91 Å². The van der Waals surface area contributed by atoms with Gasteiger partial charge in [0.05, 0.1) is 4.88 Å². The highest BCUT2D eigenvalue weighted by Gasteiger charge is 2.12. The van der Waals surface area contributed by atoms with E-state index in [0.29, 0.717) is 21.8 Å². The molecule has 19 heavy (non-hydrogen) atoms. The first-order valence-electron chi connectivity index (χ1n) is 5.58. The number of aryl methyl sites for hydroxylation is 1. The lowest BCUT2D eigenvalue weighted by molar-refractivity contribution is 0.0955. The molecule has 0 aliphatic heterocycles. The van der Waals surface area contributed by atoms with Crippen molar-refractivity contribution in [2.75, 3.05) is 0 Å². The fourth-order valence-electron chi connectivity index (χ4n) is 1.54. The first kappa shape index (κ1) is 13.5. The number of thiophene rings is 1. The number of carbonyl (C=O) groups is 1. The third kappa shape index (κ3) is 3.10. The topological polar surface area (TPSA) is 64.3 Å². The van der Waals surface area contributed by atoms with Crippen LogP contribution >= 0.6 is 11.3 Å². The van der Waals surface area contributed by atoms with Crippen LogP contribution in [0.4, 0.5) is 4.39 Å². The van der Waals surface area contributed by atoms with Gasteiger partial charge in [0, 0.05) is 11.6 Å². The Bertz CT molecular complexity index is 598. The maximum Gasteiger partial charge on any atom is 0.275 e. The smallest absolute Gasteiger partial charge is 0.275 e. The molecule has 0 bridgehead atoms. The van der Waals surface area contributed by atoms with Crippen LogP contribution in [0.1, 0.15) is 20.8 Å². The first-order valence-corrected chi connectivity index (χ1v) is 6.46. The zero-order chi connectivity index (χ0) is 13.8. The van der Waals surface area contributed by atoms with Gasteiger partial charge in [-0.25, -0.2) is 10.2 Å². The molecular formula is C13H13FN2O2S. The Morgan fingerprint density at radius 1 is 1.47 bits per heavy atom. The number of halogens is 1. The molecule has 1 amide bonds. The molecule has 100 valence electrons. The molecular weight excluding hydrogens is 267 g/mol. The fourth-order valence-corrected chi connectivity index (χ4v) is 2.35. The summed E-state index contributed by atoms with van der Waals surface area (Å²) in [5.41, 5.74) is 3.36. The highest BCUT2D eigenvalue weighted by atomic mass is 32.1. The molecule has 2 rings (SSSR count). The van der Waals surface area contributed by atoms with E-state index < -0.39 is 0 Å². The van der Waals surface area contributed by atoms with Crippen molar-refractivity contribution in [2.45, 2.75) is 13.5 Å². The molecule has 0 saturated carbocycles. The molecule has 0 spiro atoms. The van der Waals surface area contributed by atoms with Crippen LogP contribution in [-0.2, 0) is 6.61 Å². The summed E-state index contributed by atoms with van der Waals surface area (Å²) >= 11 is 1.28. The number of carbonyl (C=O) groups excluding carboxylic acids is 1. The molecule has 0 fully saturated rings. The molecule has 0 unspecified atom stereocenters. The number of hydrazine groups is 1. The molecule has 4 nitrogen and oxygen atoms in total. The highest BCUT2D eigenvalue weighted by molar-refractivity contribution is 7.12. The van der Waals surface area contributed by atoms with Crippen molar-refractivity contribution in [1.82, 2.24) is 5.43 Å². The Labute approximate surface area is 114 Å². The standard InChI is InChI=1S/C13H13FN2O2S/c1-8-2-3-10(6-11(8)14)18-7-9-4-5-19-12(9)13(17)16-15/h2-6H,7,15H2,1H3,(H,16,17). The van der Waals surface area contributed by atoms with E-state index in [1.165, 1.54) is 17.4 Å². The first-order chi connectivity index (χ1) is 9.11. The van der Waals surface area contributed by atoms with Crippen molar-refractivity contribution in [3.63, 3.8) is 0 Å². The van der Waals surface area contributed by atoms with E-state index in [0.717, 1.165) is 0 Å². The summed E-state index contributed by atoms with van der Waals surface area (Å²) in [7, 11) is 0. The van der Waals surface area contributed by atoms with Crippen molar-refractivity contribution in [3.8, 4) is 5.75 Å². The van der Waals surface area contributed by atoms with E-state index in [-0.39, 0.29) is 18.3 Å². The van der Waals surface area contributed by atoms with Crippen LogP contribution in [0.25, 0.3) is 0 Å². The number of nitrogen functional groups attached to an aromatic ring is 1. The van der Waals surface area contributed by atoms with E-state index in [1.807, 2.05) is 0 Å². The van der Waals surface area contributed by atoms with Crippen LogP contribution < -0.4 is 16.0 Å². The molecule has 1 heterocycles. The largest absolute Gasteiger partial charge is 0.489 e. The minimum absolute atomic E-state index is 0.189. The lowest BCUT2D eigenvalue weighted by atomic mass is 10.2. The summed E-state index contributed by atoms with van der Waals surface area (Å²) in [5, 5.41) is 1.78. The molecule has 0 aliphatic carbocycles. The lowest BCUT2D eigenvalue weighted by Gasteiger charge is -2.07. The van der Waals surface area contributed by atoms with Gasteiger partial charge in [0.15, 0.2) is 0 Å². The Morgan fingerprint density at radius 2 is 2.26 bits per heavy atom. The quantitative estimate of drug-likeness (QED) is 0.513. The zero-order valence-electron chi connectivity index (χ0n) is 10.3. The summed E-state index contributed by atoms with van der Waals surface area (Å²) in [6, 6.07) is 6.43. The molecule has 0 aliphatic rings. The highest BCUT2D eigenvalue weighted by Crippen LogP contribution is 2.21. The van der Waals surface area contributed by atoms with Crippen LogP contribution in [0.15, 0.2) is 29.6 Å². The van der Waals surface area contributed by atoms with Crippen LogP contribution in [0.5, 0.6) is 5.75 Å². The van der Waals surface area contributed by atoms with E-state index in [9.17, 15) is 9.18 Å². The van der Waals surface area contributed by atoms with E-state index in [2.05, 4.69) is 5.43 Å². The molecule has 2 aromatic rings. The van der Waals surface area contributed by atoms with Crippen LogP contribution in [0.2, 0.25) is 0 Å².